The molecule has 2 heterocycles. The maximum absolute atomic E-state index is 12.9. The van der Waals surface area contributed by atoms with Crippen LogP contribution in [0.1, 0.15) is 38.2 Å². The first-order chi connectivity index (χ1) is 15.2. The number of carbonyl (C=O) groups is 1. The topological polar surface area (TPSA) is 83.6 Å². The predicted molar refractivity (Wildman–Crippen MR) is 120 cm³/mol. The molecule has 1 N–H and O–H groups in total. The van der Waals surface area contributed by atoms with Crippen LogP contribution in [0.2, 0.25) is 0 Å². The average molecular weight is 412 g/mol. The molecule has 1 aromatic carbocycles. The number of carbonyl (C=O) groups excluding carboxylic acids is 1. The zero-order valence-corrected chi connectivity index (χ0v) is 17.5. The fourth-order valence-corrected chi connectivity index (χ4v) is 4.01. The van der Waals surface area contributed by atoms with Gasteiger partial charge in [0, 0.05) is 35.8 Å². The molecular weight excluding hydrogens is 386 g/mol. The molecule has 3 aromatic rings. The van der Waals surface area contributed by atoms with Crippen LogP contribution in [-0.2, 0) is 4.79 Å². The van der Waals surface area contributed by atoms with Crippen LogP contribution in [0.5, 0.6) is 0 Å². The second-order valence-corrected chi connectivity index (χ2v) is 7.97. The van der Waals surface area contributed by atoms with Gasteiger partial charge in [-0.15, -0.1) is 0 Å². The van der Waals surface area contributed by atoms with E-state index < -0.39 is 0 Å². The van der Waals surface area contributed by atoms with Crippen molar-refractivity contribution in [1.82, 2.24) is 20.1 Å². The van der Waals surface area contributed by atoms with Crippen LogP contribution < -0.4 is 5.32 Å². The summed E-state index contributed by atoms with van der Waals surface area (Å²) in [7, 11) is 0. The lowest BCUT2D eigenvalue weighted by molar-refractivity contribution is -0.118. The zero-order valence-electron chi connectivity index (χ0n) is 17.5. The predicted octanol–water partition coefficient (Wildman–Crippen LogP) is 4.54. The van der Waals surface area contributed by atoms with Gasteiger partial charge >= 0.3 is 0 Å². The third kappa shape index (κ3) is 4.72. The number of aromatic nitrogens is 3. The third-order valence-corrected chi connectivity index (χ3v) is 5.79. The molecule has 0 unspecified atom stereocenters. The summed E-state index contributed by atoms with van der Waals surface area (Å²) >= 11 is 0. The molecule has 0 bridgehead atoms. The van der Waals surface area contributed by atoms with Crippen LogP contribution in [0.25, 0.3) is 23.0 Å². The molecule has 156 valence electrons. The van der Waals surface area contributed by atoms with Crippen LogP contribution in [-0.4, -0.2) is 26.7 Å². The molecule has 4 rings (SSSR count). The second-order valence-electron chi connectivity index (χ2n) is 7.97. The van der Waals surface area contributed by atoms with Gasteiger partial charge in [0.15, 0.2) is 0 Å². The normalized spacial score (nSPS) is 18.9. The molecule has 0 radical (unpaired) electrons. The minimum Gasteiger partial charge on any atom is -0.348 e. The van der Waals surface area contributed by atoms with E-state index in [0.717, 1.165) is 30.5 Å². The third-order valence-electron chi connectivity index (χ3n) is 5.79. The molecular formula is C25H25N5O. The Kier molecular flexibility index (Phi) is 6.23. The summed E-state index contributed by atoms with van der Waals surface area (Å²) in [6, 6.07) is 15.7. The highest BCUT2D eigenvalue weighted by Crippen LogP contribution is 2.26. The minimum absolute atomic E-state index is 0.0792. The SMILES string of the molecule is C[C@@H]1CCCC[C@H]1NC(=O)/C(C#N)=C/c1cn(-c2ccccc2)nc1-c1cccnc1. The van der Waals surface area contributed by atoms with E-state index >= 15 is 0 Å². The van der Waals surface area contributed by atoms with Gasteiger partial charge in [0.05, 0.1) is 5.69 Å². The molecule has 0 spiro atoms. The molecule has 1 aliphatic carbocycles. The van der Waals surface area contributed by atoms with Gasteiger partial charge in [-0.2, -0.15) is 10.4 Å². The van der Waals surface area contributed by atoms with Crippen molar-refractivity contribution in [2.45, 2.75) is 38.6 Å². The molecule has 6 nitrogen and oxygen atoms in total. The Hall–Kier alpha value is -3.72. The number of benzene rings is 1. The largest absolute Gasteiger partial charge is 0.348 e. The Labute approximate surface area is 182 Å². The van der Waals surface area contributed by atoms with E-state index in [1.807, 2.05) is 48.7 Å². The Morgan fingerprint density at radius 3 is 2.71 bits per heavy atom. The molecule has 1 saturated carbocycles. The van der Waals surface area contributed by atoms with Gasteiger partial charge in [0.1, 0.15) is 17.3 Å². The van der Waals surface area contributed by atoms with Crippen molar-refractivity contribution in [2.75, 3.05) is 0 Å². The van der Waals surface area contributed by atoms with E-state index in [-0.39, 0.29) is 17.5 Å². The number of nitrogens with one attached hydrogen (secondary N) is 1. The van der Waals surface area contributed by atoms with Crippen LogP contribution in [0.4, 0.5) is 0 Å². The summed E-state index contributed by atoms with van der Waals surface area (Å²) in [4.78, 5) is 17.1. The Morgan fingerprint density at radius 1 is 1.19 bits per heavy atom. The Morgan fingerprint density at radius 2 is 2.00 bits per heavy atom. The number of amides is 1. The van der Waals surface area contributed by atoms with Crippen LogP contribution in [0.3, 0.4) is 0 Å². The van der Waals surface area contributed by atoms with Gasteiger partial charge in [0.2, 0.25) is 0 Å². The van der Waals surface area contributed by atoms with Crippen molar-refractivity contribution in [3.8, 4) is 23.0 Å². The van der Waals surface area contributed by atoms with Crippen molar-refractivity contribution in [3.63, 3.8) is 0 Å². The summed E-state index contributed by atoms with van der Waals surface area (Å²) in [5, 5.41) is 17.5. The Bertz CT molecular complexity index is 1110. The van der Waals surface area contributed by atoms with Gasteiger partial charge < -0.3 is 5.32 Å². The maximum Gasteiger partial charge on any atom is 0.262 e. The van der Waals surface area contributed by atoms with Crippen LogP contribution in [0.15, 0.2) is 66.6 Å². The highest BCUT2D eigenvalue weighted by atomic mass is 16.1. The first kappa shape index (κ1) is 20.5. The lowest BCUT2D eigenvalue weighted by atomic mass is 9.86. The van der Waals surface area contributed by atoms with E-state index in [1.165, 1.54) is 6.42 Å². The highest BCUT2D eigenvalue weighted by molar-refractivity contribution is 6.02. The molecule has 31 heavy (non-hydrogen) atoms. The minimum atomic E-state index is -0.328. The van der Waals surface area contributed by atoms with E-state index in [0.29, 0.717) is 17.2 Å². The van der Waals surface area contributed by atoms with Gasteiger partial charge in [-0.1, -0.05) is 38.0 Å². The number of rotatable bonds is 5. The summed E-state index contributed by atoms with van der Waals surface area (Å²) in [5.74, 6) is 0.0928. The fraction of sp³-hybridized carbons (Fsp3) is 0.280. The summed E-state index contributed by atoms with van der Waals surface area (Å²) in [6.45, 7) is 2.16. The maximum atomic E-state index is 12.9. The number of nitriles is 1. The molecule has 0 saturated heterocycles. The lowest BCUT2D eigenvalue weighted by Gasteiger charge is -2.29. The van der Waals surface area contributed by atoms with Crippen molar-refractivity contribution in [3.05, 3.63) is 72.2 Å². The fourth-order valence-electron chi connectivity index (χ4n) is 4.01. The molecule has 1 amide bonds. The van der Waals surface area contributed by atoms with E-state index in [4.69, 9.17) is 5.10 Å². The number of para-hydroxylation sites is 1. The monoisotopic (exact) mass is 411 g/mol. The van der Waals surface area contributed by atoms with Crippen molar-refractivity contribution in [2.24, 2.45) is 5.92 Å². The molecule has 0 aliphatic heterocycles. The molecule has 1 fully saturated rings. The molecule has 6 heteroatoms. The summed E-state index contributed by atoms with van der Waals surface area (Å²) < 4.78 is 1.75. The van der Waals surface area contributed by atoms with Gasteiger partial charge in [-0.25, -0.2) is 4.68 Å². The molecule has 1 aliphatic rings. The van der Waals surface area contributed by atoms with E-state index in [9.17, 15) is 10.1 Å². The van der Waals surface area contributed by atoms with Crippen LogP contribution in [0, 0.1) is 17.2 Å². The first-order valence-corrected chi connectivity index (χ1v) is 10.6. The standard InChI is InChI=1S/C25H25N5O/c1-18-8-5-6-12-23(18)28-25(31)20(15-26)14-21-17-30(22-10-3-2-4-11-22)29-24(21)19-9-7-13-27-16-19/h2-4,7,9-11,13-14,16-18,23H,5-6,8,12H2,1H3,(H,28,31)/b20-14+/t18-,23-/m1/s1. The zero-order chi connectivity index (χ0) is 21.6. The number of hydrogen-bond acceptors (Lipinski definition) is 4. The van der Waals surface area contributed by atoms with E-state index in [2.05, 4.69) is 23.3 Å². The average Bonchev–Trinajstić information content (AvgIpc) is 3.24. The van der Waals surface area contributed by atoms with Crippen molar-refractivity contribution < 1.29 is 4.79 Å². The van der Waals surface area contributed by atoms with Crippen molar-refractivity contribution in [1.29, 1.82) is 5.26 Å². The van der Waals surface area contributed by atoms with E-state index in [1.54, 1.807) is 23.2 Å². The number of nitrogens with zero attached hydrogens (tertiary/aromatic N) is 4. The van der Waals surface area contributed by atoms with Gasteiger partial charge in [-0.3, -0.25) is 9.78 Å². The summed E-state index contributed by atoms with van der Waals surface area (Å²) in [5.41, 5.74) is 3.16. The number of pyridine rings is 1. The van der Waals surface area contributed by atoms with Gasteiger partial charge in [-0.05, 0) is 49.1 Å². The quantitative estimate of drug-likeness (QED) is 0.494. The van der Waals surface area contributed by atoms with Crippen molar-refractivity contribution >= 4 is 12.0 Å². The molecule has 2 atom stereocenters. The molecule has 2 aromatic heterocycles. The highest BCUT2D eigenvalue weighted by Gasteiger charge is 2.24. The Balaban J connectivity index is 1.69. The van der Waals surface area contributed by atoms with Gasteiger partial charge in [0.25, 0.3) is 5.91 Å². The van der Waals surface area contributed by atoms with Crippen LogP contribution >= 0.6 is 0 Å². The lowest BCUT2D eigenvalue weighted by Crippen LogP contribution is -2.41. The first-order valence-electron chi connectivity index (χ1n) is 10.6. The second kappa shape index (κ2) is 9.40. The summed E-state index contributed by atoms with van der Waals surface area (Å²) in [6.07, 6.45) is 11.3. The number of hydrogen-bond donors (Lipinski definition) is 1. The smallest absolute Gasteiger partial charge is 0.262 e.